The molecule has 0 radical (unpaired) electrons. The molecule has 8 N–H and O–H groups in total. The van der Waals surface area contributed by atoms with Gasteiger partial charge in [-0.05, 0) is 84.9 Å². The van der Waals surface area contributed by atoms with Gasteiger partial charge in [0.05, 0.1) is 65.9 Å². The Morgan fingerprint density at radius 1 is 0.687 bits per heavy atom. The van der Waals surface area contributed by atoms with Crippen molar-refractivity contribution in [2.45, 2.75) is 255 Å². The SMILES string of the molecule is CO[C@@H]1[C@H](C)OC(O[C@H]2CC(Oc3cc4cc5c(c(O)c4c(O)c3C)C(=O)[C@@H](OC3C[C@@H](OC4C[C@H](OC6C[C@](C)(O)[C@@H](OC(C)=O)[C@H](C)O6)[C@@H](O)[C@H](C)O4)[C@H](O)[C@@H](C)O3)[C@H]([C@@H](OC)C(=O)[C@@H](O)[C@H](C)O)C5)O[C@@H](C)[C@H]2OC(C)=O)C[C@@H]1O. The van der Waals surface area contributed by atoms with E-state index < -0.39 is 188 Å². The fourth-order valence-corrected chi connectivity index (χ4v) is 12.4. The van der Waals surface area contributed by atoms with E-state index in [0.29, 0.717) is 0 Å². The molecule has 5 aliphatic heterocycles. The number of phenolic OH excluding ortho intramolecular Hbond substituents is 2. The van der Waals surface area contributed by atoms with E-state index in [4.69, 9.17) is 66.3 Å². The summed E-state index contributed by atoms with van der Waals surface area (Å²) < 4.78 is 84.2. The molecule has 1 aliphatic carbocycles. The minimum atomic E-state index is -1.96. The minimum Gasteiger partial charge on any atom is -0.507 e. The Hall–Kier alpha value is -4.30. The Bertz CT molecular complexity index is 2620. The molecule has 26 nitrogen and oxygen atoms in total. The fourth-order valence-electron chi connectivity index (χ4n) is 12.4. The van der Waals surface area contributed by atoms with Gasteiger partial charge in [0, 0.05) is 71.7 Å². The highest BCUT2D eigenvalue weighted by atomic mass is 16.7. The van der Waals surface area contributed by atoms with Gasteiger partial charge >= 0.3 is 11.9 Å². The van der Waals surface area contributed by atoms with Crippen LogP contribution in [0.2, 0.25) is 0 Å². The number of carbonyl (C=O) groups is 4. The van der Waals surface area contributed by atoms with Crippen molar-refractivity contribution in [1.29, 1.82) is 0 Å². The molecule has 5 saturated heterocycles. The molecule has 2 aromatic rings. The van der Waals surface area contributed by atoms with Crippen molar-refractivity contribution in [3.8, 4) is 17.2 Å². The first-order valence-electron chi connectivity index (χ1n) is 28.2. The standard InChI is InChI=1S/C57H82O26/c1-21-34(79-40-19-37(53(26(6)75-40)77-28(8)59)82-38-16-33(61)52(70-11)25(5)74-38)15-31-13-30-14-32(54(71-12)51(68)46(63)22(2)58)55(50(67)44(30)49(66)43(31)45(21)62)83-41-18-35(47(64)24(4)73-41)80-39-17-36(48(65)23(3)72-39)81-42-20-57(10,69)56(27(7)76-42)78-29(9)60/h13,15,22-27,32-33,35-42,46-48,52-56,58,61-66,69H,14,16-20H2,1-12H3/t22-,23-,24+,25-,26-,27-,32-,33-,35+,36-,37-,38?,39?,40?,41?,42?,46-,47+,48-,52+,53+,54+,55-,56-,57-/m0/s1. The van der Waals surface area contributed by atoms with Crippen molar-refractivity contribution in [2.75, 3.05) is 14.2 Å². The number of fused-ring (bicyclic) bond motifs is 2. The first-order chi connectivity index (χ1) is 39.0. The molecule has 8 rings (SSSR count). The van der Waals surface area contributed by atoms with E-state index >= 15 is 4.79 Å². The predicted octanol–water partition coefficient (Wildman–Crippen LogP) is 1.55. The summed E-state index contributed by atoms with van der Waals surface area (Å²) in [5.41, 5.74) is -1.51. The third kappa shape index (κ3) is 13.9. The number of benzene rings is 2. The number of aromatic hydroxyl groups is 2. The number of esters is 2. The Morgan fingerprint density at radius 3 is 1.78 bits per heavy atom. The largest absolute Gasteiger partial charge is 0.507 e. The summed E-state index contributed by atoms with van der Waals surface area (Å²) in [7, 11) is 2.64. The maximum absolute atomic E-state index is 15.1. The van der Waals surface area contributed by atoms with Gasteiger partial charge in [-0.15, -0.1) is 0 Å². The summed E-state index contributed by atoms with van der Waals surface area (Å²) in [6.45, 7) is 14.8. The summed E-state index contributed by atoms with van der Waals surface area (Å²) >= 11 is 0. The molecule has 6 aliphatic rings. The van der Waals surface area contributed by atoms with Gasteiger partial charge in [-0.1, -0.05) is 0 Å². The van der Waals surface area contributed by atoms with Gasteiger partial charge in [0.15, 0.2) is 48.9 Å². The number of hydrogen-bond acceptors (Lipinski definition) is 26. The number of hydrogen-bond donors (Lipinski definition) is 8. The van der Waals surface area contributed by atoms with Crippen LogP contribution in [0.4, 0.5) is 0 Å². The molecular weight excluding hydrogens is 1100 g/mol. The van der Waals surface area contributed by atoms with Crippen molar-refractivity contribution >= 4 is 34.3 Å². The van der Waals surface area contributed by atoms with Gasteiger partial charge < -0.3 is 107 Å². The van der Waals surface area contributed by atoms with Crippen molar-refractivity contribution in [2.24, 2.45) is 5.92 Å². The number of ketones is 2. The minimum absolute atomic E-state index is 0.0251. The maximum Gasteiger partial charge on any atom is 0.303 e. The van der Waals surface area contributed by atoms with Crippen LogP contribution in [0.1, 0.15) is 116 Å². The molecule has 25 atom stereocenters. The van der Waals surface area contributed by atoms with Gasteiger partial charge in [0.2, 0.25) is 6.29 Å². The molecule has 2 aromatic carbocycles. The molecule has 0 spiro atoms. The zero-order valence-corrected chi connectivity index (χ0v) is 48.7. The smallest absolute Gasteiger partial charge is 0.303 e. The normalized spacial score (nSPS) is 39.7. The Kier molecular flexibility index (Phi) is 20.5. The summed E-state index contributed by atoms with van der Waals surface area (Å²) in [6.07, 6.45) is -25.9. The van der Waals surface area contributed by atoms with Gasteiger partial charge in [-0.25, -0.2) is 0 Å². The van der Waals surface area contributed by atoms with Gasteiger partial charge in [0.1, 0.15) is 65.6 Å². The molecule has 466 valence electrons. The molecule has 0 bridgehead atoms. The lowest BCUT2D eigenvalue weighted by molar-refractivity contribution is -0.334. The van der Waals surface area contributed by atoms with Crippen LogP contribution in [-0.4, -0.2) is 225 Å². The lowest BCUT2D eigenvalue weighted by Crippen LogP contribution is -2.59. The number of ether oxygens (including phenoxy) is 14. The average Bonchev–Trinajstić information content (AvgIpc) is 3.47. The Balaban J connectivity index is 1.04. The first kappa shape index (κ1) is 64.7. The Morgan fingerprint density at radius 2 is 1.22 bits per heavy atom. The third-order valence-corrected chi connectivity index (χ3v) is 16.6. The van der Waals surface area contributed by atoms with E-state index in [1.54, 1.807) is 27.7 Å². The van der Waals surface area contributed by atoms with E-state index in [9.17, 15) is 55.2 Å². The van der Waals surface area contributed by atoms with Crippen molar-refractivity contribution in [3.05, 3.63) is 28.8 Å². The fraction of sp³-hybridized carbons (Fsp3) is 0.754. The van der Waals surface area contributed by atoms with Gasteiger partial charge in [-0.3, -0.25) is 19.2 Å². The number of aliphatic hydroxyl groups is 6. The number of aliphatic hydroxyl groups excluding tert-OH is 5. The lowest BCUT2D eigenvalue weighted by atomic mass is 9.75. The van der Waals surface area contributed by atoms with Crippen LogP contribution < -0.4 is 4.74 Å². The second-order valence-corrected chi connectivity index (χ2v) is 23.1. The van der Waals surface area contributed by atoms with E-state index in [2.05, 4.69) is 0 Å². The maximum atomic E-state index is 15.1. The van der Waals surface area contributed by atoms with Crippen LogP contribution in [0, 0.1) is 12.8 Å². The van der Waals surface area contributed by atoms with Crippen molar-refractivity contribution in [1.82, 2.24) is 0 Å². The zero-order valence-electron chi connectivity index (χ0n) is 48.7. The highest BCUT2D eigenvalue weighted by molar-refractivity contribution is 6.11. The molecule has 0 aromatic heterocycles. The third-order valence-electron chi connectivity index (χ3n) is 16.6. The Labute approximate surface area is 480 Å². The van der Waals surface area contributed by atoms with Crippen LogP contribution in [0.15, 0.2) is 12.1 Å². The van der Waals surface area contributed by atoms with Crippen molar-refractivity contribution < 1.29 is 126 Å². The summed E-state index contributed by atoms with van der Waals surface area (Å²) in [6, 6.07) is 3.04. The van der Waals surface area contributed by atoms with E-state index in [-0.39, 0.29) is 71.7 Å². The average molecular weight is 1180 g/mol. The topological polar surface area (TPSA) is 359 Å². The van der Waals surface area contributed by atoms with Crippen LogP contribution in [-0.2, 0) is 82.4 Å². The van der Waals surface area contributed by atoms with Crippen LogP contribution in [0.25, 0.3) is 10.8 Å². The molecule has 5 fully saturated rings. The van der Waals surface area contributed by atoms with Crippen LogP contribution in [0.3, 0.4) is 0 Å². The lowest BCUT2D eigenvalue weighted by Gasteiger charge is -2.46. The second kappa shape index (κ2) is 26.4. The molecule has 5 heterocycles. The monoisotopic (exact) mass is 1180 g/mol. The first-order valence-corrected chi connectivity index (χ1v) is 28.2. The summed E-state index contributed by atoms with van der Waals surface area (Å²) in [5, 5.41) is 90.1. The molecule has 0 amide bonds. The molecule has 26 heteroatoms. The second-order valence-electron chi connectivity index (χ2n) is 23.1. The van der Waals surface area contributed by atoms with Crippen LogP contribution in [0.5, 0.6) is 17.2 Å². The number of methoxy groups -OCH3 is 2. The summed E-state index contributed by atoms with van der Waals surface area (Å²) in [5.74, 6) is -5.32. The quantitative estimate of drug-likeness (QED) is 0.0982. The molecule has 83 heavy (non-hydrogen) atoms. The number of rotatable bonds is 18. The number of carbonyl (C=O) groups excluding carboxylic acids is 4. The predicted molar refractivity (Wildman–Crippen MR) is 282 cm³/mol. The highest BCUT2D eigenvalue weighted by Crippen LogP contribution is 2.48. The zero-order chi connectivity index (χ0) is 60.8. The van der Waals surface area contributed by atoms with E-state index in [1.807, 2.05) is 0 Å². The molecular formula is C57H82O26. The number of Topliss-reactive ketones (excluding diaryl/α,β-unsaturated/α-hetero) is 2. The van der Waals surface area contributed by atoms with Crippen LogP contribution >= 0.6 is 0 Å². The van der Waals surface area contributed by atoms with Gasteiger partial charge in [-0.2, -0.15) is 0 Å². The van der Waals surface area contributed by atoms with Crippen molar-refractivity contribution in [3.63, 3.8) is 0 Å². The van der Waals surface area contributed by atoms with Gasteiger partial charge in [0.25, 0.3) is 0 Å². The summed E-state index contributed by atoms with van der Waals surface area (Å²) in [4.78, 5) is 53.2. The highest BCUT2D eigenvalue weighted by Gasteiger charge is 2.52. The van der Waals surface area contributed by atoms with E-state index in [1.165, 1.54) is 67.9 Å². The molecule has 0 saturated carbocycles. The molecule has 5 unspecified atom stereocenters. The number of phenols is 2. The van der Waals surface area contributed by atoms with E-state index in [0.717, 1.165) is 0 Å².